The molecule has 0 aliphatic carbocycles. The van der Waals surface area contributed by atoms with Crippen LogP contribution < -0.4 is 10.2 Å². The van der Waals surface area contributed by atoms with Crippen molar-refractivity contribution in [3.63, 3.8) is 0 Å². The van der Waals surface area contributed by atoms with E-state index in [1.54, 1.807) is 12.1 Å². The molecule has 0 aromatic heterocycles. The fraction of sp³-hybridized carbons (Fsp3) is 0.625. The number of hydrogen-bond donors (Lipinski definition) is 1. The Morgan fingerprint density at radius 1 is 1.29 bits per heavy atom. The molecular formula is C16H26N2O2S. The van der Waals surface area contributed by atoms with E-state index >= 15 is 0 Å². The van der Waals surface area contributed by atoms with Gasteiger partial charge in [0, 0.05) is 19.3 Å². The van der Waals surface area contributed by atoms with E-state index < -0.39 is 9.84 Å². The van der Waals surface area contributed by atoms with Crippen LogP contribution in [0.5, 0.6) is 0 Å². The summed E-state index contributed by atoms with van der Waals surface area (Å²) >= 11 is 0. The SMILES string of the molecule is CCCS(=O)(=O)c1ccc(N(C)CC2CCCNC2)cc1. The van der Waals surface area contributed by atoms with Crippen molar-refractivity contribution >= 4 is 15.5 Å². The van der Waals surface area contributed by atoms with Crippen molar-refractivity contribution in [2.45, 2.75) is 31.1 Å². The van der Waals surface area contributed by atoms with Gasteiger partial charge in [0.25, 0.3) is 0 Å². The predicted molar refractivity (Wildman–Crippen MR) is 87.6 cm³/mol. The highest BCUT2D eigenvalue weighted by molar-refractivity contribution is 7.91. The molecule has 0 bridgehead atoms. The van der Waals surface area contributed by atoms with Crippen LogP contribution in [0.25, 0.3) is 0 Å². The van der Waals surface area contributed by atoms with Gasteiger partial charge >= 0.3 is 0 Å². The molecule has 1 heterocycles. The lowest BCUT2D eigenvalue weighted by Crippen LogP contribution is -2.36. The Kier molecular flexibility index (Phi) is 5.65. The van der Waals surface area contributed by atoms with E-state index in [9.17, 15) is 8.42 Å². The molecule has 1 aliphatic heterocycles. The summed E-state index contributed by atoms with van der Waals surface area (Å²) in [7, 11) is -1.03. The molecule has 4 nitrogen and oxygen atoms in total. The Hall–Kier alpha value is -1.07. The highest BCUT2D eigenvalue weighted by Gasteiger charge is 2.16. The summed E-state index contributed by atoms with van der Waals surface area (Å²) in [5, 5.41) is 3.43. The van der Waals surface area contributed by atoms with Crippen LogP contribution in [0.3, 0.4) is 0 Å². The van der Waals surface area contributed by atoms with Crippen LogP contribution >= 0.6 is 0 Å². The Morgan fingerprint density at radius 2 is 2.00 bits per heavy atom. The molecule has 1 unspecified atom stereocenters. The molecule has 0 radical (unpaired) electrons. The first-order valence-electron chi connectivity index (χ1n) is 7.77. The number of rotatable bonds is 6. The van der Waals surface area contributed by atoms with Gasteiger partial charge in [0.05, 0.1) is 10.6 Å². The molecule has 2 rings (SSSR count). The van der Waals surface area contributed by atoms with Gasteiger partial charge < -0.3 is 10.2 Å². The lowest BCUT2D eigenvalue weighted by atomic mass is 9.99. The maximum absolute atomic E-state index is 12.0. The van der Waals surface area contributed by atoms with Crippen LogP contribution in [-0.2, 0) is 9.84 Å². The third-order valence-corrected chi connectivity index (χ3v) is 5.98. The molecule has 1 atom stereocenters. The van der Waals surface area contributed by atoms with E-state index in [2.05, 4.69) is 17.3 Å². The molecule has 1 aromatic carbocycles. The van der Waals surface area contributed by atoms with Crippen LogP contribution in [0, 0.1) is 5.92 Å². The third-order valence-electron chi connectivity index (χ3n) is 4.04. The van der Waals surface area contributed by atoms with Gasteiger partial charge in [0.2, 0.25) is 0 Å². The van der Waals surface area contributed by atoms with E-state index in [0.29, 0.717) is 17.2 Å². The molecular weight excluding hydrogens is 284 g/mol. The van der Waals surface area contributed by atoms with Gasteiger partial charge in [-0.2, -0.15) is 0 Å². The van der Waals surface area contributed by atoms with Crippen molar-refractivity contribution in [1.29, 1.82) is 0 Å². The van der Waals surface area contributed by atoms with E-state index in [4.69, 9.17) is 0 Å². The van der Waals surface area contributed by atoms with Crippen molar-refractivity contribution in [2.24, 2.45) is 5.92 Å². The van der Waals surface area contributed by atoms with Crippen LogP contribution in [0.2, 0.25) is 0 Å². The van der Waals surface area contributed by atoms with Crippen molar-refractivity contribution in [1.82, 2.24) is 5.32 Å². The second-order valence-electron chi connectivity index (χ2n) is 5.91. The molecule has 21 heavy (non-hydrogen) atoms. The average molecular weight is 310 g/mol. The molecule has 1 saturated heterocycles. The molecule has 0 spiro atoms. The Bertz CT molecular complexity index is 534. The minimum absolute atomic E-state index is 0.218. The number of anilines is 1. The predicted octanol–water partition coefficient (Wildman–Crippen LogP) is 2.31. The van der Waals surface area contributed by atoms with Gasteiger partial charge in [0.15, 0.2) is 9.84 Å². The average Bonchev–Trinajstić information content (AvgIpc) is 2.48. The van der Waals surface area contributed by atoms with Crippen LogP contribution in [0.15, 0.2) is 29.2 Å². The zero-order chi connectivity index (χ0) is 15.3. The van der Waals surface area contributed by atoms with E-state index in [-0.39, 0.29) is 5.75 Å². The molecule has 1 aromatic rings. The van der Waals surface area contributed by atoms with Crippen LogP contribution in [0.1, 0.15) is 26.2 Å². The summed E-state index contributed by atoms with van der Waals surface area (Å²) in [6.45, 7) is 5.10. The molecule has 5 heteroatoms. The van der Waals surface area contributed by atoms with E-state index in [1.807, 2.05) is 19.1 Å². The maximum Gasteiger partial charge on any atom is 0.178 e. The summed E-state index contributed by atoms with van der Waals surface area (Å²) in [6.07, 6.45) is 3.16. The van der Waals surface area contributed by atoms with Gasteiger partial charge in [-0.1, -0.05) is 6.92 Å². The molecule has 1 aliphatic rings. The highest BCUT2D eigenvalue weighted by atomic mass is 32.2. The largest absolute Gasteiger partial charge is 0.374 e. The number of nitrogens with one attached hydrogen (secondary N) is 1. The number of hydrogen-bond acceptors (Lipinski definition) is 4. The molecule has 0 saturated carbocycles. The minimum Gasteiger partial charge on any atom is -0.374 e. The van der Waals surface area contributed by atoms with Gasteiger partial charge in [-0.25, -0.2) is 8.42 Å². The van der Waals surface area contributed by atoms with Crippen LogP contribution in [-0.4, -0.2) is 40.9 Å². The third kappa shape index (κ3) is 4.45. The highest BCUT2D eigenvalue weighted by Crippen LogP contribution is 2.20. The second kappa shape index (κ2) is 7.27. The normalized spacial score (nSPS) is 19.4. The van der Waals surface area contributed by atoms with E-state index in [1.165, 1.54) is 12.8 Å². The fourth-order valence-corrected chi connectivity index (χ4v) is 4.19. The summed E-state index contributed by atoms with van der Waals surface area (Å²) in [6, 6.07) is 7.30. The first-order valence-corrected chi connectivity index (χ1v) is 9.43. The van der Waals surface area contributed by atoms with Crippen molar-refractivity contribution in [3.8, 4) is 0 Å². The van der Waals surface area contributed by atoms with Gasteiger partial charge in [0.1, 0.15) is 0 Å². The molecule has 1 N–H and O–H groups in total. The minimum atomic E-state index is -3.11. The first-order chi connectivity index (χ1) is 10.0. The van der Waals surface area contributed by atoms with Gasteiger partial charge in [-0.05, 0) is 62.5 Å². The monoisotopic (exact) mass is 310 g/mol. The summed E-state index contributed by atoms with van der Waals surface area (Å²) in [4.78, 5) is 2.65. The summed E-state index contributed by atoms with van der Waals surface area (Å²) in [5.41, 5.74) is 1.08. The Morgan fingerprint density at radius 3 is 2.57 bits per heavy atom. The second-order valence-corrected chi connectivity index (χ2v) is 8.01. The number of nitrogens with zero attached hydrogens (tertiary/aromatic N) is 1. The lowest BCUT2D eigenvalue weighted by molar-refractivity contribution is 0.381. The lowest BCUT2D eigenvalue weighted by Gasteiger charge is -2.29. The topological polar surface area (TPSA) is 49.4 Å². The zero-order valence-corrected chi connectivity index (χ0v) is 13.8. The summed E-state index contributed by atoms with van der Waals surface area (Å²) in [5.74, 6) is 0.892. The molecule has 118 valence electrons. The zero-order valence-electron chi connectivity index (χ0n) is 13.0. The Labute approximate surface area is 128 Å². The van der Waals surface area contributed by atoms with Crippen molar-refractivity contribution in [3.05, 3.63) is 24.3 Å². The van der Waals surface area contributed by atoms with Crippen LogP contribution in [0.4, 0.5) is 5.69 Å². The van der Waals surface area contributed by atoms with Crippen molar-refractivity contribution in [2.75, 3.05) is 37.3 Å². The molecule has 0 amide bonds. The maximum atomic E-state index is 12.0. The van der Waals surface area contributed by atoms with Crippen molar-refractivity contribution < 1.29 is 8.42 Å². The number of benzene rings is 1. The standard InChI is InChI=1S/C16H26N2O2S/c1-3-11-21(19,20)16-8-6-15(7-9-16)18(2)13-14-5-4-10-17-12-14/h6-9,14,17H,3-5,10-13H2,1-2H3. The smallest absolute Gasteiger partial charge is 0.178 e. The summed E-state index contributed by atoms with van der Waals surface area (Å²) < 4.78 is 24.0. The van der Waals surface area contributed by atoms with Gasteiger partial charge in [-0.15, -0.1) is 0 Å². The Balaban J connectivity index is 2.01. The number of sulfone groups is 1. The van der Waals surface area contributed by atoms with Gasteiger partial charge in [-0.3, -0.25) is 0 Å². The fourth-order valence-electron chi connectivity index (χ4n) is 2.87. The first kappa shape index (κ1) is 16.3. The number of piperidine rings is 1. The quantitative estimate of drug-likeness (QED) is 0.876. The molecule has 1 fully saturated rings. The van der Waals surface area contributed by atoms with E-state index in [0.717, 1.165) is 25.3 Å².